The maximum absolute atomic E-state index is 12.7. The van der Waals surface area contributed by atoms with Crippen LogP contribution in [0.3, 0.4) is 0 Å². The Labute approximate surface area is 114 Å². The van der Waals surface area contributed by atoms with Crippen molar-refractivity contribution in [1.29, 1.82) is 0 Å². The van der Waals surface area contributed by atoms with Crippen molar-refractivity contribution in [3.63, 3.8) is 0 Å². The van der Waals surface area contributed by atoms with Crippen LogP contribution in [-0.4, -0.2) is 11.1 Å². The van der Waals surface area contributed by atoms with Crippen molar-refractivity contribution in [2.75, 3.05) is 0 Å². The average molecular weight is 274 g/mol. The van der Waals surface area contributed by atoms with Crippen molar-refractivity contribution in [3.8, 4) is 0 Å². The molecule has 102 valence electrons. The summed E-state index contributed by atoms with van der Waals surface area (Å²) >= 11 is 0. The molecule has 0 fully saturated rings. The number of halogens is 1. The van der Waals surface area contributed by atoms with E-state index in [1.807, 2.05) is 0 Å². The van der Waals surface area contributed by atoms with Crippen LogP contribution >= 0.6 is 0 Å². The first-order valence-electron chi connectivity index (χ1n) is 5.79. The molecule has 5 nitrogen and oxygen atoms in total. The van der Waals surface area contributed by atoms with Crippen LogP contribution < -0.4 is 0 Å². The van der Waals surface area contributed by atoms with Gasteiger partial charge in [-0.3, -0.25) is 10.1 Å². The molecule has 0 saturated carbocycles. The molecule has 2 aromatic rings. The van der Waals surface area contributed by atoms with Crippen LogP contribution in [0.15, 0.2) is 53.7 Å². The van der Waals surface area contributed by atoms with Gasteiger partial charge in [0.15, 0.2) is 0 Å². The summed E-state index contributed by atoms with van der Waals surface area (Å²) in [6, 6.07) is 11.9. The van der Waals surface area contributed by atoms with E-state index in [9.17, 15) is 14.5 Å². The summed E-state index contributed by atoms with van der Waals surface area (Å²) in [4.78, 5) is 15.2. The smallest absolute Gasteiger partial charge is 0.269 e. The standard InChI is InChI=1S/C14H11FN2O3/c15-13-6-4-11(5-7-13)9-16-20-10-12-2-1-3-14(8-12)17(18)19/h1-9H,10H2/b16-9+. The summed E-state index contributed by atoms with van der Waals surface area (Å²) in [5.74, 6) is -0.320. The van der Waals surface area contributed by atoms with Gasteiger partial charge in [-0.1, -0.05) is 29.4 Å². The summed E-state index contributed by atoms with van der Waals surface area (Å²) in [5, 5.41) is 14.3. The normalized spacial score (nSPS) is 10.7. The fraction of sp³-hybridized carbons (Fsp3) is 0.0714. The highest BCUT2D eigenvalue weighted by molar-refractivity contribution is 5.78. The summed E-state index contributed by atoms with van der Waals surface area (Å²) in [5.41, 5.74) is 1.36. The van der Waals surface area contributed by atoms with Crippen LogP contribution in [0.4, 0.5) is 10.1 Å². The second-order valence-electron chi connectivity index (χ2n) is 3.99. The number of nitro groups is 1. The van der Waals surface area contributed by atoms with Gasteiger partial charge in [0.2, 0.25) is 0 Å². The summed E-state index contributed by atoms with van der Waals surface area (Å²) in [6.45, 7) is 0.124. The van der Waals surface area contributed by atoms with Gasteiger partial charge in [-0.15, -0.1) is 0 Å². The lowest BCUT2D eigenvalue weighted by molar-refractivity contribution is -0.384. The monoisotopic (exact) mass is 274 g/mol. The summed E-state index contributed by atoms with van der Waals surface area (Å²) in [6.07, 6.45) is 1.44. The summed E-state index contributed by atoms with van der Waals surface area (Å²) in [7, 11) is 0. The van der Waals surface area contributed by atoms with E-state index in [-0.39, 0.29) is 18.1 Å². The first kappa shape index (κ1) is 13.7. The third kappa shape index (κ3) is 3.88. The van der Waals surface area contributed by atoms with Gasteiger partial charge in [-0.25, -0.2) is 4.39 Å². The number of oxime groups is 1. The van der Waals surface area contributed by atoms with Crippen LogP contribution in [0.1, 0.15) is 11.1 Å². The fourth-order valence-electron chi connectivity index (χ4n) is 1.52. The summed E-state index contributed by atoms with van der Waals surface area (Å²) < 4.78 is 12.7. The van der Waals surface area contributed by atoms with Crippen molar-refractivity contribution < 1.29 is 14.2 Å². The second-order valence-corrected chi connectivity index (χ2v) is 3.99. The molecule has 0 aliphatic carbocycles. The highest BCUT2D eigenvalue weighted by Gasteiger charge is 2.05. The third-order valence-electron chi connectivity index (χ3n) is 2.50. The van der Waals surface area contributed by atoms with Crippen molar-refractivity contribution in [3.05, 3.63) is 75.6 Å². The van der Waals surface area contributed by atoms with Gasteiger partial charge < -0.3 is 4.84 Å². The van der Waals surface area contributed by atoms with Crippen molar-refractivity contribution in [2.24, 2.45) is 5.16 Å². The van der Waals surface area contributed by atoms with Crippen molar-refractivity contribution in [2.45, 2.75) is 6.61 Å². The highest BCUT2D eigenvalue weighted by atomic mass is 19.1. The van der Waals surface area contributed by atoms with Gasteiger partial charge in [-0.2, -0.15) is 0 Å². The zero-order chi connectivity index (χ0) is 14.4. The zero-order valence-corrected chi connectivity index (χ0v) is 10.4. The van der Waals surface area contributed by atoms with E-state index in [1.165, 1.54) is 30.5 Å². The first-order valence-corrected chi connectivity index (χ1v) is 5.79. The Balaban J connectivity index is 1.91. The van der Waals surface area contributed by atoms with E-state index in [4.69, 9.17) is 4.84 Å². The molecule has 0 amide bonds. The van der Waals surface area contributed by atoms with Crippen LogP contribution in [-0.2, 0) is 11.4 Å². The quantitative estimate of drug-likeness (QED) is 0.477. The maximum atomic E-state index is 12.7. The molecule has 0 aliphatic rings. The lowest BCUT2D eigenvalue weighted by atomic mass is 10.2. The van der Waals surface area contributed by atoms with Gasteiger partial charge in [0.05, 0.1) is 11.1 Å². The van der Waals surface area contributed by atoms with Crippen LogP contribution in [0, 0.1) is 15.9 Å². The largest absolute Gasteiger partial charge is 0.391 e. The molecule has 0 heterocycles. The number of nitrogens with zero attached hydrogens (tertiary/aromatic N) is 2. The van der Waals surface area contributed by atoms with Crippen molar-refractivity contribution >= 4 is 11.9 Å². The molecule has 20 heavy (non-hydrogen) atoms. The number of hydrogen-bond acceptors (Lipinski definition) is 4. The second kappa shape index (κ2) is 6.42. The lowest BCUT2D eigenvalue weighted by Gasteiger charge is -1.99. The Hall–Kier alpha value is -2.76. The Bertz CT molecular complexity index is 627. The minimum Gasteiger partial charge on any atom is -0.391 e. The molecule has 0 N–H and O–H groups in total. The van der Waals surface area contributed by atoms with Gasteiger partial charge in [0, 0.05) is 12.1 Å². The third-order valence-corrected chi connectivity index (χ3v) is 2.50. The molecule has 0 atom stereocenters. The SMILES string of the molecule is O=[N+]([O-])c1cccc(CO/N=C/c2ccc(F)cc2)c1. The van der Waals surface area contributed by atoms with E-state index < -0.39 is 4.92 Å². The molecule has 2 rings (SSSR count). The Morgan fingerprint density at radius 2 is 2.00 bits per heavy atom. The van der Waals surface area contributed by atoms with Crippen LogP contribution in [0.25, 0.3) is 0 Å². The molecule has 2 aromatic carbocycles. The van der Waals surface area contributed by atoms with E-state index in [2.05, 4.69) is 5.16 Å². The molecular weight excluding hydrogens is 263 g/mol. The van der Waals surface area contributed by atoms with E-state index in [1.54, 1.807) is 24.3 Å². The van der Waals surface area contributed by atoms with Gasteiger partial charge in [-0.05, 0) is 23.3 Å². The molecule has 0 bridgehead atoms. The topological polar surface area (TPSA) is 64.7 Å². The zero-order valence-electron chi connectivity index (χ0n) is 10.4. The maximum Gasteiger partial charge on any atom is 0.269 e. The predicted molar refractivity (Wildman–Crippen MR) is 71.9 cm³/mol. The van der Waals surface area contributed by atoms with Gasteiger partial charge in [0.25, 0.3) is 5.69 Å². The van der Waals surface area contributed by atoms with Crippen LogP contribution in [0.2, 0.25) is 0 Å². The molecule has 0 spiro atoms. The number of rotatable bonds is 5. The number of non-ortho nitro benzene ring substituents is 1. The van der Waals surface area contributed by atoms with Gasteiger partial charge >= 0.3 is 0 Å². The molecule has 0 aliphatic heterocycles. The first-order chi connectivity index (χ1) is 9.65. The Morgan fingerprint density at radius 3 is 2.70 bits per heavy atom. The molecule has 6 heteroatoms. The number of nitro benzene ring substituents is 1. The van der Waals surface area contributed by atoms with Gasteiger partial charge in [0.1, 0.15) is 12.4 Å². The number of benzene rings is 2. The predicted octanol–water partition coefficient (Wildman–Crippen LogP) is 3.28. The molecule has 0 radical (unpaired) electrons. The Kier molecular flexibility index (Phi) is 4.39. The Morgan fingerprint density at radius 1 is 1.25 bits per heavy atom. The van der Waals surface area contributed by atoms with E-state index in [0.717, 1.165) is 0 Å². The molecular formula is C14H11FN2O3. The number of hydrogen-bond donors (Lipinski definition) is 0. The minimum atomic E-state index is -0.467. The van der Waals surface area contributed by atoms with Crippen molar-refractivity contribution in [1.82, 2.24) is 0 Å². The lowest BCUT2D eigenvalue weighted by Crippen LogP contribution is -1.92. The van der Waals surface area contributed by atoms with E-state index in [0.29, 0.717) is 11.1 Å². The fourth-order valence-corrected chi connectivity index (χ4v) is 1.52. The van der Waals surface area contributed by atoms with Crippen LogP contribution in [0.5, 0.6) is 0 Å². The molecule has 0 aromatic heterocycles. The van der Waals surface area contributed by atoms with E-state index >= 15 is 0 Å². The minimum absolute atomic E-state index is 0.00798. The molecule has 0 unspecified atom stereocenters. The highest BCUT2D eigenvalue weighted by Crippen LogP contribution is 2.13. The average Bonchev–Trinajstić information content (AvgIpc) is 2.46. The molecule has 0 saturated heterocycles.